The first-order valence-electron chi connectivity index (χ1n) is 12.9. The molecule has 2 amide bonds. The largest absolute Gasteiger partial charge is 0.479 e. The molecule has 0 atom stereocenters. The molecule has 0 unspecified atom stereocenters. The average Bonchev–Trinajstić information content (AvgIpc) is 3.50. The van der Waals surface area contributed by atoms with E-state index in [1.54, 1.807) is 19.2 Å². The van der Waals surface area contributed by atoms with Crippen molar-refractivity contribution in [2.45, 2.75) is 52.0 Å². The lowest BCUT2D eigenvalue weighted by molar-refractivity contribution is 0.102. The van der Waals surface area contributed by atoms with Gasteiger partial charge in [0.05, 0.1) is 19.2 Å². The second-order valence-corrected chi connectivity index (χ2v) is 11.5. The lowest BCUT2D eigenvalue weighted by Gasteiger charge is -2.23. The molecule has 41 heavy (non-hydrogen) atoms. The average molecular weight is 605 g/mol. The summed E-state index contributed by atoms with van der Waals surface area (Å²) in [4.78, 5) is 38.6. The molecule has 4 rings (SSSR count). The van der Waals surface area contributed by atoms with E-state index in [9.17, 15) is 14.7 Å². The number of nitrogens with zero attached hydrogens (tertiary/aromatic N) is 4. The SMILES string of the molecule is COc1nc(NCCN(C(=O)O)C(C)C)nc(OC)c1NC(=O)c1csc(Oc2cc3c(cc2Cl)CCC3(C)C)n1. The first-order valence-corrected chi connectivity index (χ1v) is 14.2. The molecule has 2 heterocycles. The van der Waals surface area contributed by atoms with E-state index >= 15 is 0 Å². The van der Waals surface area contributed by atoms with E-state index in [1.807, 2.05) is 12.1 Å². The summed E-state index contributed by atoms with van der Waals surface area (Å²) < 4.78 is 16.7. The van der Waals surface area contributed by atoms with Crippen molar-refractivity contribution in [1.82, 2.24) is 19.9 Å². The van der Waals surface area contributed by atoms with Gasteiger partial charge in [0.15, 0.2) is 5.69 Å². The van der Waals surface area contributed by atoms with Crippen LogP contribution < -0.4 is 24.8 Å². The van der Waals surface area contributed by atoms with Crippen LogP contribution in [0, 0.1) is 0 Å². The van der Waals surface area contributed by atoms with Gasteiger partial charge in [-0.05, 0) is 55.4 Å². The summed E-state index contributed by atoms with van der Waals surface area (Å²) in [5, 5.41) is 17.3. The van der Waals surface area contributed by atoms with Gasteiger partial charge in [-0.2, -0.15) is 15.0 Å². The Kier molecular flexibility index (Phi) is 9.08. The molecule has 2 aromatic heterocycles. The number of hydrogen-bond donors (Lipinski definition) is 3. The third kappa shape index (κ3) is 6.73. The summed E-state index contributed by atoms with van der Waals surface area (Å²) in [6.45, 7) is 8.41. The van der Waals surface area contributed by atoms with Gasteiger partial charge < -0.3 is 34.9 Å². The number of aryl methyl sites for hydroxylation is 1. The van der Waals surface area contributed by atoms with Crippen molar-refractivity contribution in [2.75, 3.05) is 37.9 Å². The number of ether oxygens (including phenoxy) is 3. The number of hydrogen-bond acceptors (Lipinski definition) is 10. The fraction of sp³-hybridized carbons (Fsp3) is 0.444. The molecule has 0 bridgehead atoms. The fourth-order valence-corrected chi connectivity index (χ4v) is 5.42. The van der Waals surface area contributed by atoms with Gasteiger partial charge in [-0.3, -0.25) is 4.79 Å². The number of fused-ring (bicyclic) bond motifs is 1. The van der Waals surface area contributed by atoms with Crippen molar-refractivity contribution < 1.29 is 28.9 Å². The summed E-state index contributed by atoms with van der Waals surface area (Å²) in [6, 6.07) is 3.70. The Balaban J connectivity index is 1.47. The third-order valence-corrected chi connectivity index (χ3v) is 7.80. The van der Waals surface area contributed by atoms with Crippen molar-refractivity contribution in [3.63, 3.8) is 0 Å². The maximum absolute atomic E-state index is 13.1. The van der Waals surface area contributed by atoms with Gasteiger partial charge in [0.2, 0.25) is 17.7 Å². The number of aromatic nitrogens is 3. The molecule has 14 heteroatoms. The maximum atomic E-state index is 13.1. The zero-order valence-corrected chi connectivity index (χ0v) is 25.3. The molecule has 3 N–H and O–H groups in total. The number of rotatable bonds is 11. The fourth-order valence-electron chi connectivity index (χ4n) is 4.54. The van der Waals surface area contributed by atoms with Crippen molar-refractivity contribution in [3.05, 3.63) is 39.4 Å². The predicted molar refractivity (Wildman–Crippen MR) is 156 cm³/mol. The summed E-state index contributed by atoms with van der Waals surface area (Å²) >= 11 is 7.64. The lowest BCUT2D eigenvalue weighted by atomic mass is 9.86. The monoisotopic (exact) mass is 604 g/mol. The van der Waals surface area contributed by atoms with Crippen LogP contribution in [0.25, 0.3) is 0 Å². The van der Waals surface area contributed by atoms with Crippen LogP contribution in [0.2, 0.25) is 5.02 Å². The smallest absolute Gasteiger partial charge is 0.407 e. The van der Waals surface area contributed by atoms with Crippen LogP contribution in [0.1, 0.15) is 55.7 Å². The van der Waals surface area contributed by atoms with Gasteiger partial charge in [0, 0.05) is 24.5 Å². The summed E-state index contributed by atoms with van der Waals surface area (Å²) in [7, 11) is 2.78. The molecule has 0 spiro atoms. The zero-order chi connectivity index (χ0) is 29.9. The van der Waals surface area contributed by atoms with Gasteiger partial charge in [-0.15, -0.1) is 0 Å². The van der Waals surface area contributed by atoms with Crippen LogP contribution in [0.4, 0.5) is 16.4 Å². The number of nitrogens with one attached hydrogen (secondary N) is 2. The molecule has 1 aliphatic carbocycles. The standard InChI is InChI=1S/C27H33ClN6O6S/c1-14(2)34(26(36)37)10-9-29-24-32-22(38-5)20(23(33-24)39-6)31-21(35)18-13-41-25(30-18)40-19-12-16-15(11-17(19)28)7-8-27(16,3)4/h11-14H,7-10H2,1-6H3,(H,31,35)(H,36,37)(H,29,32,33). The molecule has 0 aliphatic heterocycles. The zero-order valence-electron chi connectivity index (χ0n) is 23.7. The summed E-state index contributed by atoms with van der Waals surface area (Å²) in [5.41, 5.74) is 2.67. The van der Waals surface area contributed by atoms with Gasteiger partial charge in [-0.1, -0.05) is 36.8 Å². The Morgan fingerprint density at radius 1 is 1.17 bits per heavy atom. The second kappa shape index (κ2) is 12.4. The molecule has 0 radical (unpaired) electrons. The van der Waals surface area contributed by atoms with Crippen LogP contribution in [-0.4, -0.2) is 70.3 Å². The predicted octanol–water partition coefficient (Wildman–Crippen LogP) is 5.67. The van der Waals surface area contributed by atoms with Crippen molar-refractivity contribution in [1.29, 1.82) is 0 Å². The van der Waals surface area contributed by atoms with Crippen LogP contribution in [0.5, 0.6) is 22.7 Å². The number of amides is 2. The number of carbonyl (C=O) groups excluding carboxylic acids is 1. The Bertz CT molecular complexity index is 1420. The minimum absolute atomic E-state index is 0.0319. The molecule has 0 saturated carbocycles. The van der Waals surface area contributed by atoms with E-state index in [2.05, 4.69) is 39.4 Å². The van der Waals surface area contributed by atoms with Gasteiger partial charge in [-0.25, -0.2) is 4.79 Å². The van der Waals surface area contributed by atoms with Crippen LogP contribution >= 0.6 is 22.9 Å². The van der Waals surface area contributed by atoms with Crippen LogP contribution in [0.3, 0.4) is 0 Å². The Hall–Kier alpha value is -3.84. The molecule has 0 saturated heterocycles. The maximum Gasteiger partial charge on any atom is 0.407 e. The Labute approximate surface area is 247 Å². The van der Waals surface area contributed by atoms with Crippen LogP contribution in [0.15, 0.2) is 17.5 Å². The van der Waals surface area contributed by atoms with E-state index < -0.39 is 12.0 Å². The normalized spacial score (nSPS) is 13.5. The van der Waals surface area contributed by atoms with Crippen molar-refractivity contribution >= 4 is 46.6 Å². The molecule has 3 aromatic rings. The highest BCUT2D eigenvalue weighted by Gasteiger charge is 2.31. The first-order chi connectivity index (χ1) is 19.4. The quantitative estimate of drug-likeness (QED) is 0.250. The lowest BCUT2D eigenvalue weighted by Crippen LogP contribution is -2.39. The molecule has 12 nitrogen and oxygen atoms in total. The van der Waals surface area contributed by atoms with E-state index in [4.69, 9.17) is 25.8 Å². The first kappa shape index (κ1) is 30.1. The van der Waals surface area contributed by atoms with E-state index in [1.165, 1.54) is 30.2 Å². The minimum Gasteiger partial charge on any atom is -0.479 e. The molecule has 1 aliphatic rings. The third-order valence-electron chi connectivity index (χ3n) is 6.79. The van der Waals surface area contributed by atoms with Crippen LogP contribution in [-0.2, 0) is 11.8 Å². The molecular formula is C27H33ClN6O6S. The molecule has 220 valence electrons. The number of anilines is 2. The molecule has 0 fully saturated rings. The van der Waals surface area contributed by atoms with E-state index in [0.717, 1.165) is 24.2 Å². The number of methoxy groups -OCH3 is 2. The topological polar surface area (TPSA) is 148 Å². The molecule has 1 aromatic carbocycles. The van der Waals surface area contributed by atoms with Gasteiger partial charge >= 0.3 is 6.09 Å². The minimum atomic E-state index is -1.02. The molecular weight excluding hydrogens is 572 g/mol. The van der Waals surface area contributed by atoms with E-state index in [0.29, 0.717) is 10.8 Å². The van der Waals surface area contributed by atoms with Gasteiger partial charge in [0.1, 0.15) is 11.4 Å². The number of thiazole rings is 1. The Morgan fingerprint density at radius 3 is 2.46 bits per heavy atom. The number of carbonyl (C=O) groups is 2. The van der Waals surface area contributed by atoms with Crippen molar-refractivity contribution in [3.8, 4) is 22.7 Å². The summed E-state index contributed by atoms with van der Waals surface area (Å²) in [5.74, 6) is 0.176. The number of carboxylic acid groups (broad SMARTS) is 1. The highest BCUT2D eigenvalue weighted by atomic mass is 35.5. The highest BCUT2D eigenvalue weighted by molar-refractivity contribution is 7.11. The summed E-state index contributed by atoms with van der Waals surface area (Å²) in [6.07, 6.45) is 0.989. The Morgan fingerprint density at radius 2 is 1.85 bits per heavy atom. The highest BCUT2D eigenvalue weighted by Crippen LogP contribution is 2.44. The number of benzene rings is 1. The number of halogens is 1. The van der Waals surface area contributed by atoms with Gasteiger partial charge in [0.25, 0.3) is 11.1 Å². The van der Waals surface area contributed by atoms with E-state index in [-0.39, 0.29) is 58.8 Å². The second-order valence-electron chi connectivity index (χ2n) is 10.3. The van der Waals surface area contributed by atoms with Crippen molar-refractivity contribution in [2.24, 2.45) is 0 Å².